The van der Waals surface area contributed by atoms with Gasteiger partial charge in [-0.15, -0.1) is 0 Å². The fourth-order valence-electron chi connectivity index (χ4n) is 4.98. The van der Waals surface area contributed by atoms with Crippen LogP contribution in [0.2, 0.25) is 0 Å². The number of carbonyl (C=O) groups is 2. The monoisotopic (exact) mass is 605 g/mol. The van der Waals surface area contributed by atoms with E-state index in [0.717, 1.165) is 45.3 Å². The summed E-state index contributed by atoms with van der Waals surface area (Å²) in [5.41, 5.74) is 5.77. The van der Waals surface area contributed by atoms with E-state index in [1.165, 1.54) is 0 Å². The number of anilines is 3. The third-order valence-electron chi connectivity index (χ3n) is 7.50. The molecule has 0 aliphatic carbocycles. The first-order chi connectivity index (χ1) is 21.5. The third kappa shape index (κ3) is 7.33. The quantitative estimate of drug-likeness (QED) is 0.140. The van der Waals surface area contributed by atoms with Crippen molar-refractivity contribution in [2.75, 3.05) is 22.6 Å². The van der Waals surface area contributed by atoms with Gasteiger partial charge in [0.15, 0.2) is 0 Å². The average Bonchev–Trinajstić information content (AvgIpc) is 3.45. The molecule has 5 rings (SSSR count). The molecule has 1 aromatic heterocycles. The number of amides is 3. The molecule has 0 saturated heterocycles. The van der Waals surface area contributed by atoms with Gasteiger partial charge in [0, 0.05) is 27.9 Å². The molecule has 0 saturated carbocycles. The molecule has 5 aromatic rings. The van der Waals surface area contributed by atoms with E-state index in [0.29, 0.717) is 22.9 Å². The van der Waals surface area contributed by atoms with Crippen LogP contribution < -0.4 is 20.7 Å². The molecule has 0 spiro atoms. The first kappa shape index (κ1) is 31.3. The number of aromatic nitrogens is 2. The van der Waals surface area contributed by atoms with E-state index in [9.17, 15) is 9.59 Å². The Kier molecular flexibility index (Phi) is 9.20. The SMILES string of the molecule is CCc1ccc(COc2ccc(NC(=O)Nc3cc(C(C)(C)C)nn3-c3ccc(C)cc3)c3ccccc23)cc1NC(=O)CO. The van der Waals surface area contributed by atoms with E-state index in [1.807, 2.05) is 98.8 Å². The molecule has 0 unspecified atom stereocenters. The molecular formula is C36H39N5O4. The summed E-state index contributed by atoms with van der Waals surface area (Å²) in [6.07, 6.45) is 0.737. The van der Waals surface area contributed by atoms with Crippen LogP contribution in [0.15, 0.2) is 84.9 Å². The summed E-state index contributed by atoms with van der Waals surface area (Å²) in [4.78, 5) is 25.2. The van der Waals surface area contributed by atoms with Gasteiger partial charge in [-0.1, -0.05) is 81.8 Å². The Bertz CT molecular complexity index is 1840. The highest BCUT2D eigenvalue weighted by molar-refractivity contribution is 6.07. The number of ether oxygens (including phenoxy) is 1. The molecule has 4 N–H and O–H groups in total. The van der Waals surface area contributed by atoms with Crippen LogP contribution in [-0.4, -0.2) is 33.4 Å². The molecule has 232 valence electrons. The van der Waals surface area contributed by atoms with Gasteiger partial charge in [-0.05, 0) is 54.8 Å². The van der Waals surface area contributed by atoms with E-state index in [-0.39, 0.29) is 12.0 Å². The number of hydrogen-bond donors (Lipinski definition) is 4. The lowest BCUT2D eigenvalue weighted by molar-refractivity contribution is -0.118. The summed E-state index contributed by atoms with van der Waals surface area (Å²) < 4.78 is 7.98. The maximum Gasteiger partial charge on any atom is 0.324 e. The summed E-state index contributed by atoms with van der Waals surface area (Å²) in [6, 6.07) is 26.7. The first-order valence-electron chi connectivity index (χ1n) is 15.0. The zero-order valence-corrected chi connectivity index (χ0v) is 26.3. The average molecular weight is 606 g/mol. The second-order valence-corrected chi connectivity index (χ2v) is 12.0. The molecule has 0 radical (unpaired) electrons. The van der Waals surface area contributed by atoms with Crippen molar-refractivity contribution in [1.29, 1.82) is 0 Å². The van der Waals surface area contributed by atoms with Crippen molar-refractivity contribution in [3.63, 3.8) is 0 Å². The van der Waals surface area contributed by atoms with Crippen LogP contribution in [0.3, 0.4) is 0 Å². The minimum absolute atomic E-state index is 0.206. The van der Waals surface area contributed by atoms with Crippen LogP contribution in [-0.2, 0) is 23.2 Å². The lowest BCUT2D eigenvalue weighted by atomic mass is 9.92. The van der Waals surface area contributed by atoms with Crippen LogP contribution in [0.4, 0.5) is 22.0 Å². The number of urea groups is 1. The molecule has 9 nitrogen and oxygen atoms in total. The maximum absolute atomic E-state index is 13.4. The summed E-state index contributed by atoms with van der Waals surface area (Å²) >= 11 is 0. The predicted molar refractivity (Wildman–Crippen MR) is 179 cm³/mol. The summed E-state index contributed by atoms with van der Waals surface area (Å²) in [6.45, 7) is 9.98. The number of carbonyl (C=O) groups excluding carboxylic acids is 2. The van der Waals surface area contributed by atoms with Gasteiger partial charge < -0.3 is 20.5 Å². The van der Waals surface area contributed by atoms with Crippen molar-refractivity contribution in [3.05, 3.63) is 107 Å². The van der Waals surface area contributed by atoms with Crippen LogP contribution >= 0.6 is 0 Å². The zero-order valence-electron chi connectivity index (χ0n) is 26.3. The van der Waals surface area contributed by atoms with E-state index < -0.39 is 18.5 Å². The third-order valence-corrected chi connectivity index (χ3v) is 7.50. The molecule has 0 aliphatic rings. The number of aliphatic hydroxyl groups is 1. The highest BCUT2D eigenvalue weighted by atomic mass is 16.5. The lowest BCUT2D eigenvalue weighted by Gasteiger charge is -2.15. The van der Waals surface area contributed by atoms with Crippen molar-refractivity contribution >= 4 is 39.9 Å². The minimum Gasteiger partial charge on any atom is -0.488 e. The molecule has 4 aromatic carbocycles. The number of fused-ring (bicyclic) bond motifs is 1. The van der Waals surface area contributed by atoms with Crippen molar-refractivity contribution in [2.45, 2.75) is 53.1 Å². The molecule has 0 bridgehead atoms. The Morgan fingerprint density at radius 3 is 2.29 bits per heavy atom. The number of hydrogen-bond acceptors (Lipinski definition) is 5. The topological polar surface area (TPSA) is 118 Å². The van der Waals surface area contributed by atoms with Crippen molar-refractivity contribution < 1.29 is 19.4 Å². The number of nitrogens with one attached hydrogen (secondary N) is 3. The molecule has 1 heterocycles. The Hall–Kier alpha value is -5.15. The number of aryl methyl sites for hydroxylation is 2. The van der Waals surface area contributed by atoms with Gasteiger partial charge in [-0.25, -0.2) is 9.48 Å². The van der Waals surface area contributed by atoms with E-state index >= 15 is 0 Å². The van der Waals surface area contributed by atoms with Crippen molar-refractivity contribution in [2.24, 2.45) is 0 Å². The van der Waals surface area contributed by atoms with Gasteiger partial charge in [0.2, 0.25) is 5.91 Å². The number of nitrogens with zero attached hydrogens (tertiary/aromatic N) is 2. The maximum atomic E-state index is 13.4. The highest BCUT2D eigenvalue weighted by Crippen LogP contribution is 2.33. The van der Waals surface area contributed by atoms with Gasteiger partial charge in [0.25, 0.3) is 0 Å². The lowest BCUT2D eigenvalue weighted by Crippen LogP contribution is -2.21. The Morgan fingerprint density at radius 1 is 0.867 bits per heavy atom. The van der Waals surface area contributed by atoms with Crippen LogP contribution in [0, 0.1) is 6.92 Å². The molecule has 9 heteroatoms. The summed E-state index contributed by atoms with van der Waals surface area (Å²) in [5, 5.41) is 24.4. The van der Waals surface area contributed by atoms with Crippen molar-refractivity contribution in [3.8, 4) is 11.4 Å². The minimum atomic E-state index is -0.581. The second-order valence-electron chi connectivity index (χ2n) is 12.0. The fourth-order valence-corrected chi connectivity index (χ4v) is 4.98. The fraction of sp³-hybridized carbons (Fsp3) is 0.250. The second kappa shape index (κ2) is 13.2. The Morgan fingerprint density at radius 2 is 1.60 bits per heavy atom. The predicted octanol–water partition coefficient (Wildman–Crippen LogP) is 7.35. The summed E-state index contributed by atoms with van der Waals surface area (Å²) in [5.74, 6) is 0.758. The number of benzene rings is 4. The van der Waals surface area contributed by atoms with Crippen LogP contribution in [0.1, 0.15) is 50.1 Å². The molecule has 3 amide bonds. The van der Waals surface area contributed by atoms with E-state index in [1.54, 1.807) is 4.68 Å². The van der Waals surface area contributed by atoms with Crippen LogP contribution in [0.5, 0.6) is 5.75 Å². The number of aliphatic hydroxyl groups excluding tert-OH is 1. The number of rotatable bonds is 9. The highest BCUT2D eigenvalue weighted by Gasteiger charge is 2.22. The van der Waals surface area contributed by atoms with Crippen molar-refractivity contribution in [1.82, 2.24) is 9.78 Å². The molecule has 0 aliphatic heterocycles. The smallest absolute Gasteiger partial charge is 0.324 e. The molecule has 0 fully saturated rings. The molecule has 0 atom stereocenters. The molecular weight excluding hydrogens is 566 g/mol. The van der Waals surface area contributed by atoms with Crippen LogP contribution in [0.25, 0.3) is 16.5 Å². The molecule has 45 heavy (non-hydrogen) atoms. The Balaban J connectivity index is 1.36. The zero-order chi connectivity index (χ0) is 32.1. The van der Waals surface area contributed by atoms with Gasteiger partial charge in [0.05, 0.1) is 17.1 Å². The van der Waals surface area contributed by atoms with Gasteiger partial charge >= 0.3 is 6.03 Å². The van der Waals surface area contributed by atoms with E-state index in [2.05, 4.69) is 36.7 Å². The summed E-state index contributed by atoms with van der Waals surface area (Å²) in [7, 11) is 0. The van der Waals surface area contributed by atoms with Gasteiger partial charge in [-0.3, -0.25) is 10.1 Å². The van der Waals surface area contributed by atoms with E-state index in [4.69, 9.17) is 14.9 Å². The Labute approximate surface area is 263 Å². The standard InChI is InChI=1S/C36H39N5O4/c1-6-25-14-13-24(19-30(25)37-34(43)21-42)22-45-31-18-17-29(27-9-7-8-10-28(27)31)38-35(44)39-33-20-32(36(3,4)5)40-41(33)26-15-11-23(2)12-16-26/h7-20,42H,6,21-22H2,1-5H3,(H,37,43)(H2,38,39,44). The first-order valence-corrected chi connectivity index (χ1v) is 15.0. The van der Waals surface area contributed by atoms with Gasteiger partial charge in [0.1, 0.15) is 24.8 Å². The normalized spacial score (nSPS) is 11.3. The largest absolute Gasteiger partial charge is 0.488 e. The van der Waals surface area contributed by atoms with Gasteiger partial charge in [-0.2, -0.15) is 5.10 Å².